The number of carbonyl (C=O) groups excluding carboxylic acids is 1. The Labute approximate surface area is 115 Å². The monoisotopic (exact) mass is 292 g/mol. The highest BCUT2D eigenvalue weighted by Gasteiger charge is 2.17. The molecule has 0 aliphatic heterocycles. The van der Waals surface area contributed by atoms with Crippen LogP contribution in [0.5, 0.6) is 5.75 Å². The number of hydrogen-bond acceptors (Lipinski definition) is 3. The predicted molar refractivity (Wildman–Crippen MR) is 67.7 cm³/mol. The molecule has 1 rings (SSSR count). The van der Waals surface area contributed by atoms with E-state index in [0.717, 1.165) is 5.56 Å². The molecule has 6 heteroatoms. The summed E-state index contributed by atoms with van der Waals surface area (Å²) in [5.74, 6) is -0.425. The molecule has 0 saturated carbocycles. The van der Waals surface area contributed by atoms with Crippen molar-refractivity contribution in [1.29, 1.82) is 0 Å². The quantitative estimate of drug-likeness (QED) is 0.595. The van der Waals surface area contributed by atoms with Crippen LogP contribution in [0.15, 0.2) is 12.1 Å². The number of hydrogen-bond donors (Lipinski definition) is 0. The molecule has 0 aromatic heterocycles. The molecule has 0 atom stereocenters. The fourth-order valence-electron chi connectivity index (χ4n) is 1.73. The summed E-state index contributed by atoms with van der Waals surface area (Å²) >= 11 is 5.78. The zero-order valence-corrected chi connectivity index (χ0v) is 11.5. The van der Waals surface area contributed by atoms with E-state index in [4.69, 9.17) is 16.3 Å². The maximum absolute atomic E-state index is 12.4. The van der Waals surface area contributed by atoms with Crippen LogP contribution < -0.4 is 4.74 Å². The molecule has 0 spiro atoms. The Bertz CT molecular complexity index is 450. The predicted octanol–water partition coefficient (Wildman–Crippen LogP) is 3.44. The van der Waals surface area contributed by atoms with Gasteiger partial charge in [0.15, 0.2) is 0 Å². The van der Waals surface area contributed by atoms with Gasteiger partial charge in [-0.2, -0.15) is 8.78 Å². The Morgan fingerprint density at radius 3 is 2.63 bits per heavy atom. The average molecular weight is 293 g/mol. The molecular weight excluding hydrogens is 278 g/mol. The van der Waals surface area contributed by atoms with Crippen molar-refractivity contribution in [1.82, 2.24) is 0 Å². The molecule has 1 aromatic carbocycles. The van der Waals surface area contributed by atoms with Crippen LogP contribution in [-0.4, -0.2) is 19.2 Å². The lowest BCUT2D eigenvalue weighted by molar-refractivity contribution is -0.142. The Morgan fingerprint density at radius 1 is 1.42 bits per heavy atom. The summed E-state index contributed by atoms with van der Waals surface area (Å²) < 4.78 is 34.0. The van der Waals surface area contributed by atoms with Gasteiger partial charge < -0.3 is 9.47 Å². The SMILES string of the molecule is CCOC(=O)Cc1c(CCl)cc(C)cc1OC(F)F. The number of benzene rings is 1. The van der Waals surface area contributed by atoms with Gasteiger partial charge in [0.2, 0.25) is 0 Å². The standard InChI is InChI=1S/C13H15ClF2O3/c1-3-18-12(17)6-10-9(7-14)4-8(2)5-11(10)19-13(15)16/h4-5,13H,3,6-7H2,1-2H3. The van der Waals surface area contributed by atoms with Crippen LogP contribution in [0.4, 0.5) is 8.78 Å². The number of carbonyl (C=O) groups is 1. The minimum absolute atomic E-state index is 0.0290. The molecule has 1 aromatic rings. The largest absolute Gasteiger partial charge is 0.466 e. The number of ether oxygens (including phenoxy) is 2. The highest BCUT2D eigenvalue weighted by atomic mass is 35.5. The van der Waals surface area contributed by atoms with E-state index in [1.54, 1.807) is 19.9 Å². The van der Waals surface area contributed by atoms with E-state index >= 15 is 0 Å². The molecule has 0 amide bonds. The molecule has 0 radical (unpaired) electrons. The normalized spacial score (nSPS) is 10.6. The topological polar surface area (TPSA) is 35.5 Å². The van der Waals surface area contributed by atoms with Crippen molar-refractivity contribution >= 4 is 17.6 Å². The number of alkyl halides is 3. The molecule has 0 fully saturated rings. The van der Waals surface area contributed by atoms with Crippen molar-refractivity contribution in [2.24, 2.45) is 0 Å². The Hall–Kier alpha value is -1.36. The molecule has 0 aliphatic rings. The first kappa shape index (κ1) is 15.7. The lowest BCUT2D eigenvalue weighted by Crippen LogP contribution is -2.12. The summed E-state index contributed by atoms with van der Waals surface area (Å²) in [7, 11) is 0. The Kier molecular flexibility index (Phi) is 6.02. The molecule has 0 heterocycles. The average Bonchev–Trinajstić information content (AvgIpc) is 2.31. The maximum atomic E-state index is 12.4. The first-order valence-electron chi connectivity index (χ1n) is 5.76. The molecule has 106 valence electrons. The first-order chi connectivity index (χ1) is 8.97. The summed E-state index contributed by atoms with van der Waals surface area (Å²) in [5.41, 5.74) is 1.67. The summed E-state index contributed by atoms with van der Waals surface area (Å²) in [6, 6.07) is 3.19. The molecule has 0 unspecified atom stereocenters. The highest BCUT2D eigenvalue weighted by Crippen LogP contribution is 2.28. The van der Waals surface area contributed by atoms with Gasteiger partial charge in [0, 0.05) is 11.4 Å². The van der Waals surface area contributed by atoms with Crippen LogP contribution in [-0.2, 0) is 21.8 Å². The summed E-state index contributed by atoms with van der Waals surface area (Å²) in [6.45, 7) is 0.687. The van der Waals surface area contributed by atoms with E-state index in [1.807, 2.05) is 0 Å². The number of halogens is 3. The molecule has 3 nitrogen and oxygen atoms in total. The Balaban J connectivity index is 3.12. The van der Waals surface area contributed by atoms with Gasteiger partial charge in [0.1, 0.15) is 5.75 Å². The first-order valence-corrected chi connectivity index (χ1v) is 6.30. The van der Waals surface area contributed by atoms with Gasteiger partial charge in [-0.05, 0) is 31.0 Å². The van der Waals surface area contributed by atoms with Gasteiger partial charge in [0.05, 0.1) is 13.0 Å². The second kappa shape index (κ2) is 7.28. The Morgan fingerprint density at radius 2 is 2.11 bits per heavy atom. The second-order valence-electron chi connectivity index (χ2n) is 3.89. The van der Waals surface area contributed by atoms with Gasteiger partial charge in [-0.15, -0.1) is 11.6 Å². The van der Waals surface area contributed by atoms with E-state index in [9.17, 15) is 13.6 Å². The van der Waals surface area contributed by atoms with E-state index in [2.05, 4.69) is 4.74 Å². The van der Waals surface area contributed by atoms with Crippen LogP contribution in [0.1, 0.15) is 23.6 Å². The number of rotatable bonds is 6. The van der Waals surface area contributed by atoms with Crippen LogP contribution in [0.2, 0.25) is 0 Å². The van der Waals surface area contributed by atoms with E-state index in [0.29, 0.717) is 11.1 Å². The molecule has 0 N–H and O–H groups in total. The minimum Gasteiger partial charge on any atom is -0.466 e. The van der Waals surface area contributed by atoms with Gasteiger partial charge >= 0.3 is 12.6 Å². The fraction of sp³-hybridized carbons (Fsp3) is 0.462. The van der Waals surface area contributed by atoms with E-state index < -0.39 is 12.6 Å². The summed E-state index contributed by atoms with van der Waals surface area (Å²) in [6.07, 6.45) is -0.141. The lowest BCUT2D eigenvalue weighted by atomic mass is 10.0. The van der Waals surface area contributed by atoms with Crippen LogP contribution in [0, 0.1) is 6.92 Å². The third kappa shape index (κ3) is 4.67. The van der Waals surface area contributed by atoms with Gasteiger partial charge in [-0.1, -0.05) is 6.07 Å². The van der Waals surface area contributed by atoms with Gasteiger partial charge in [-0.3, -0.25) is 4.79 Å². The third-order valence-electron chi connectivity index (χ3n) is 2.43. The number of aryl methyl sites for hydroxylation is 1. The van der Waals surface area contributed by atoms with Crippen LogP contribution in [0.3, 0.4) is 0 Å². The lowest BCUT2D eigenvalue weighted by Gasteiger charge is -2.15. The zero-order chi connectivity index (χ0) is 14.4. The van der Waals surface area contributed by atoms with Crippen molar-refractivity contribution in [3.05, 3.63) is 28.8 Å². The van der Waals surface area contributed by atoms with Crippen molar-refractivity contribution in [3.63, 3.8) is 0 Å². The molecule has 19 heavy (non-hydrogen) atoms. The van der Waals surface area contributed by atoms with Crippen molar-refractivity contribution in [2.75, 3.05) is 6.61 Å². The fourth-order valence-corrected chi connectivity index (χ4v) is 1.97. The third-order valence-corrected chi connectivity index (χ3v) is 2.72. The zero-order valence-electron chi connectivity index (χ0n) is 10.7. The van der Waals surface area contributed by atoms with Gasteiger partial charge in [0.25, 0.3) is 0 Å². The second-order valence-corrected chi connectivity index (χ2v) is 4.16. The maximum Gasteiger partial charge on any atom is 0.387 e. The summed E-state index contributed by atoms with van der Waals surface area (Å²) in [5, 5.41) is 0. The van der Waals surface area contributed by atoms with Crippen molar-refractivity contribution in [2.45, 2.75) is 32.8 Å². The summed E-state index contributed by atoms with van der Waals surface area (Å²) in [4.78, 5) is 11.5. The highest BCUT2D eigenvalue weighted by molar-refractivity contribution is 6.17. The molecular formula is C13H15ClF2O3. The van der Waals surface area contributed by atoms with Crippen molar-refractivity contribution in [3.8, 4) is 5.75 Å². The molecule has 0 saturated heterocycles. The minimum atomic E-state index is -2.95. The van der Waals surface area contributed by atoms with Gasteiger partial charge in [-0.25, -0.2) is 0 Å². The smallest absolute Gasteiger partial charge is 0.387 e. The van der Waals surface area contributed by atoms with Crippen LogP contribution >= 0.6 is 11.6 Å². The molecule has 0 aliphatic carbocycles. The van der Waals surface area contributed by atoms with E-state index in [-0.39, 0.29) is 24.7 Å². The van der Waals surface area contributed by atoms with Crippen LogP contribution in [0.25, 0.3) is 0 Å². The molecule has 0 bridgehead atoms. The van der Waals surface area contributed by atoms with Crippen molar-refractivity contribution < 1.29 is 23.0 Å². The van der Waals surface area contributed by atoms with E-state index in [1.165, 1.54) is 6.07 Å². The number of esters is 1.